The molecule has 2 atom stereocenters. The Bertz CT molecular complexity index is 390. The van der Waals surface area contributed by atoms with Crippen molar-refractivity contribution in [3.63, 3.8) is 0 Å². The molecule has 0 aromatic heterocycles. The van der Waals surface area contributed by atoms with Gasteiger partial charge in [-0.3, -0.25) is 4.79 Å². The first-order valence-electron chi connectivity index (χ1n) is 6.73. The van der Waals surface area contributed by atoms with E-state index in [-0.39, 0.29) is 17.9 Å². The van der Waals surface area contributed by atoms with E-state index in [0.717, 1.165) is 5.75 Å². The molecule has 4 heteroatoms. The van der Waals surface area contributed by atoms with Crippen molar-refractivity contribution in [2.75, 3.05) is 13.2 Å². The summed E-state index contributed by atoms with van der Waals surface area (Å²) in [5.74, 6) is 0.805. The number of nitrogens with two attached hydrogens (primary N) is 1. The molecular weight excluding hydrogens is 240 g/mol. The quantitative estimate of drug-likeness (QED) is 0.790. The average molecular weight is 264 g/mol. The molecule has 0 saturated carbocycles. The van der Waals surface area contributed by atoms with Crippen LogP contribution >= 0.6 is 0 Å². The first kappa shape index (κ1) is 15.5. The SMILES string of the molecule is Cc1ccc(OCC(C)NC(=O)C(C)CCN)cc1. The van der Waals surface area contributed by atoms with E-state index in [0.29, 0.717) is 19.6 Å². The molecule has 1 aromatic rings. The van der Waals surface area contributed by atoms with Gasteiger partial charge in [-0.2, -0.15) is 0 Å². The number of carbonyl (C=O) groups excluding carboxylic acids is 1. The van der Waals surface area contributed by atoms with Crippen LogP contribution < -0.4 is 15.8 Å². The molecule has 0 fully saturated rings. The van der Waals surface area contributed by atoms with Crippen LogP contribution in [0.15, 0.2) is 24.3 Å². The second-order valence-corrected chi connectivity index (χ2v) is 5.01. The van der Waals surface area contributed by atoms with Crippen LogP contribution in [0.2, 0.25) is 0 Å². The Kier molecular flexibility index (Phi) is 6.36. The van der Waals surface area contributed by atoms with E-state index in [1.165, 1.54) is 5.56 Å². The van der Waals surface area contributed by atoms with E-state index in [2.05, 4.69) is 5.32 Å². The largest absolute Gasteiger partial charge is 0.491 e. The van der Waals surface area contributed by atoms with Gasteiger partial charge in [-0.05, 0) is 38.9 Å². The van der Waals surface area contributed by atoms with Crippen LogP contribution in [0.4, 0.5) is 0 Å². The first-order valence-corrected chi connectivity index (χ1v) is 6.73. The molecule has 0 radical (unpaired) electrons. The van der Waals surface area contributed by atoms with Gasteiger partial charge < -0.3 is 15.8 Å². The minimum absolute atomic E-state index is 0.0194. The molecule has 0 aliphatic rings. The van der Waals surface area contributed by atoms with Gasteiger partial charge >= 0.3 is 0 Å². The Balaban J connectivity index is 2.33. The lowest BCUT2D eigenvalue weighted by Gasteiger charge is -2.17. The van der Waals surface area contributed by atoms with Gasteiger partial charge in [0.2, 0.25) is 5.91 Å². The molecule has 2 unspecified atom stereocenters. The lowest BCUT2D eigenvalue weighted by Crippen LogP contribution is -2.40. The highest BCUT2D eigenvalue weighted by atomic mass is 16.5. The second-order valence-electron chi connectivity index (χ2n) is 5.01. The Morgan fingerprint density at radius 3 is 2.53 bits per heavy atom. The third-order valence-electron chi connectivity index (χ3n) is 2.96. The van der Waals surface area contributed by atoms with Gasteiger partial charge in [0, 0.05) is 5.92 Å². The minimum atomic E-state index is -0.0492. The maximum Gasteiger partial charge on any atom is 0.223 e. The van der Waals surface area contributed by atoms with E-state index < -0.39 is 0 Å². The molecule has 0 aliphatic heterocycles. The van der Waals surface area contributed by atoms with Crippen LogP contribution in [-0.2, 0) is 4.79 Å². The number of amides is 1. The lowest BCUT2D eigenvalue weighted by atomic mass is 10.1. The van der Waals surface area contributed by atoms with Crippen LogP contribution in [0, 0.1) is 12.8 Å². The van der Waals surface area contributed by atoms with Crippen LogP contribution in [0.25, 0.3) is 0 Å². The highest BCUT2D eigenvalue weighted by molar-refractivity contribution is 5.78. The zero-order valence-corrected chi connectivity index (χ0v) is 12.0. The molecule has 4 nitrogen and oxygen atoms in total. The van der Waals surface area contributed by atoms with Crippen molar-refractivity contribution < 1.29 is 9.53 Å². The maximum atomic E-state index is 11.8. The number of nitrogens with one attached hydrogen (secondary N) is 1. The third-order valence-corrected chi connectivity index (χ3v) is 2.96. The van der Waals surface area contributed by atoms with Gasteiger partial charge in [-0.1, -0.05) is 24.6 Å². The van der Waals surface area contributed by atoms with Crippen molar-refractivity contribution in [2.45, 2.75) is 33.2 Å². The van der Waals surface area contributed by atoms with Crippen LogP contribution in [0.3, 0.4) is 0 Å². The van der Waals surface area contributed by atoms with E-state index in [1.807, 2.05) is 45.0 Å². The van der Waals surface area contributed by atoms with Gasteiger partial charge in [-0.25, -0.2) is 0 Å². The van der Waals surface area contributed by atoms with Crippen molar-refractivity contribution in [1.82, 2.24) is 5.32 Å². The summed E-state index contributed by atoms with van der Waals surface area (Å²) in [6, 6.07) is 7.85. The monoisotopic (exact) mass is 264 g/mol. The Labute approximate surface area is 115 Å². The number of benzene rings is 1. The number of aryl methyl sites for hydroxylation is 1. The molecule has 0 aliphatic carbocycles. The summed E-state index contributed by atoms with van der Waals surface area (Å²) in [5, 5.41) is 2.93. The summed E-state index contributed by atoms with van der Waals surface area (Å²) in [7, 11) is 0. The molecule has 3 N–H and O–H groups in total. The number of carbonyl (C=O) groups is 1. The van der Waals surface area contributed by atoms with E-state index in [4.69, 9.17) is 10.5 Å². The first-order chi connectivity index (χ1) is 9.02. The average Bonchev–Trinajstić information content (AvgIpc) is 2.38. The zero-order chi connectivity index (χ0) is 14.3. The fraction of sp³-hybridized carbons (Fsp3) is 0.533. The molecule has 1 aromatic carbocycles. The Morgan fingerprint density at radius 2 is 1.95 bits per heavy atom. The predicted octanol–water partition coefficient (Wildman–Crippen LogP) is 1.86. The molecule has 0 bridgehead atoms. The van der Waals surface area contributed by atoms with E-state index in [1.54, 1.807) is 0 Å². The Morgan fingerprint density at radius 1 is 1.32 bits per heavy atom. The highest BCUT2D eigenvalue weighted by Gasteiger charge is 2.14. The minimum Gasteiger partial charge on any atom is -0.491 e. The Hall–Kier alpha value is -1.55. The topological polar surface area (TPSA) is 64.3 Å². The van der Waals surface area contributed by atoms with Crippen LogP contribution in [-0.4, -0.2) is 25.1 Å². The third kappa shape index (κ3) is 5.75. The smallest absolute Gasteiger partial charge is 0.223 e. The molecule has 106 valence electrons. The van der Waals surface area contributed by atoms with Crippen LogP contribution in [0.5, 0.6) is 5.75 Å². The number of hydrogen-bond donors (Lipinski definition) is 2. The van der Waals surface area contributed by atoms with Gasteiger partial charge in [0.05, 0.1) is 6.04 Å². The molecule has 0 saturated heterocycles. The number of rotatable bonds is 7. The van der Waals surface area contributed by atoms with E-state index >= 15 is 0 Å². The summed E-state index contributed by atoms with van der Waals surface area (Å²) in [4.78, 5) is 11.8. The lowest BCUT2D eigenvalue weighted by molar-refractivity contribution is -0.125. The molecule has 1 amide bonds. The van der Waals surface area contributed by atoms with Crippen molar-refractivity contribution >= 4 is 5.91 Å². The molecule has 0 heterocycles. The summed E-state index contributed by atoms with van der Waals surface area (Å²) in [6.07, 6.45) is 0.706. The van der Waals surface area contributed by atoms with Gasteiger partial charge in [0.25, 0.3) is 0 Å². The highest BCUT2D eigenvalue weighted by Crippen LogP contribution is 2.11. The van der Waals surface area contributed by atoms with Crippen molar-refractivity contribution in [1.29, 1.82) is 0 Å². The van der Waals surface area contributed by atoms with Crippen molar-refractivity contribution in [2.24, 2.45) is 11.7 Å². The predicted molar refractivity (Wildman–Crippen MR) is 77.1 cm³/mol. The van der Waals surface area contributed by atoms with Gasteiger partial charge in [-0.15, -0.1) is 0 Å². The summed E-state index contributed by atoms with van der Waals surface area (Å²) in [5.41, 5.74) is 6.64. The summed E-state index contributed by atoms with van der Waals surface area (Å²) < 4.78 is 5.62. The summed E-state index contributed by atoms with van der Waals surface area (Å²) in [6.45, 7) is 6.84. The number of hydrogen-bond acceptors (Lipinski definition) is 3. The molecular formula is C15H24N2O2. The standard InChI is InChI=1S/C15H24N2O2/c1-11-4-6-14(7-5-11)19-10-13(3)17-15(18)12(2)8-9-16/h4-7,12-13H,8-10,16H2,1-3H3,(H,17,18). The maximum absolute atomic E-state index is 11.8. The zero-order valence-electron chi connectivity index (χ0n) is 12.0. The normalized spacial score (nSPS) is 13.7. The van der Waals surface area contributed by atoms with Gasteiger partial charge in [0.1, 0.15) is 12.4 Å². The van der Waals surface area contributed by atoms with Crippen molar-refractivity contribution in [3.8, 4) is 5.75 Å². The molecule has 0 spiro atoms. The van der Waals surface area contributed by atoms with Gasteiger partial charge in [0.15, 0.2) is 0 Å². The van der Waals surface area contributed by atoms with E-state index in [9.17, 15) is 4.79 Å². The molecule has 19 heavy (non-hydrogen) atoms. The number of ether oxygens (including phenoxy) is 1. The van der Waals surface area contributed by atoms with Crippen molar-refractivity contribution in [3.05, 3.63) is 29.8 Å². The van der Waals surface area contributed by atoms with Crippen LogP contribution in [0.1, 0.15) is 25.8 Å². The fourth-order valence-electron chi connectivity index (χ4n) is 1.66. The molecule has 1 rings (SSSR count). The summed E-state index contributed by atoms with van der Waals surface area (Å²) >= 11 is 0. The fourth-order valence-corrected chi connectivity index (χ4v) is 1.66. The second kappa shape index (κ2) is 7.79.